The highest BCUT2D eigenvalue weighted by Gasteiger charge is 2.23. The lowest BCUT2D eigenvalue weighted by Crippen LogP contribution is -2.23. The Hall–Kier alpha value is -3.19. The van der Waals surface area contributed by atoms with E-state index in [9.17, 15) is 0 Å². The predicted octanol–water partition coefficient (Wildman–Crippen LogP) is 4.37. The second-order valence-electron chi connectivity index (χ2n) is 6.03. The van der Waals surface area contributed by atoms with Crippen LogP contribution < -0.4 is 4.90 Å². The smallest absolute Gasteiger partial charge is 0.267 e. The van der Waals surface area contributed by atoms with Gasteiger partial charge in [0.1, 0.15) is 5.69 Å². The highest BCUT2D eigenvalue weighted by molar-refractivity contribution is 7.99. The van der Waals surface area contributed by atoms with E-state index >= 15 is 0 Å². The highest BCUT2D eigenvalue weighted by atomic mass is 32.2. The topological polar surface area (TPSA) is 67.9 Å². The van der Waals surface area contributed by atoms with Crippen molar-refractivity contribution in [1.82, 2.24) is 20.2 Å². The summed E-state index contributed by atoms with van der Waals surface area (Å²) in [5, 5.41) is 8.27. The molecule has 132 valence electrons. The van der Waals surface area contributed by atoms with Crippen molar-refractivity contribution < 1.29 is 4.42 Å². The van der Waals surface area contributed by atoms with E-state index < -0.39 is 0 Å². The van der Waals surface area contributed by atoms with Crippen LogP contribution in [0.1, 0.15) is 5.89 Å². The minimum absolute atomic E-state index is 0.396. The summed E-state index contributed by atoms with van der Waals surface area (Å²) in [5.41, 5.74) is 2.99. The molecule has 0 N–H and O–H groups in total. The molecule has 6 nitrogen and oxygen atoms in total. The highest BCUT2D eigenvalue weighted by Crippen LogP contribution is 2.47. The fourth-order valence-electron chi connectivity index (χ4n) is 3.10. The van der Waals surface area contributed by atoms with E-state index in [0.29, 0.717) is 23.9 Å². The van der Waals surface area contributed by atoms with E-state index in [2.05, 4.69) is 73.6 Å². The maximum Gasteiger partial charge on any atom is 0.267 e. The number of fused-ring (bicyclic) bond motifs is 2. The minimum atomic E-state index is 0.396. The number of hydrogen-bond donors (Lipinski definition) is 0. The zero-order valence-corrected chi connectivity index (χ0v) is 15.1. The zero-order chi connectivity index (χ0) is 18.1. The molecule has 27 heavy (non-hydrogen) atoms. The normalized spacial score (nSPS) is 12.5. The molecule has 0 saturated carbocycles. The number of nitrogens with zero attached hydrogens (tertiary/aromatic N) is 5. The van der Waals surface area contributed by atoms with Crippen molar-refractivity contribution in [3.8, 4) is 11.6 Å². The van der Waals surface area contributed by atoms with Crippen LogP contribution in [0.4, 0.5) is 11.4 Å². The number of hydrogen-bond acceptors (Lipinski definition) is 7. The Morgan fingerprint density at radius 3 is 2.33 bits per heavy atom. The fourth-order valence-corrected chi connectivity index (χ4v) is 4.19. The molecule has 0 aliphatic carbocycles. The Bertz CT molecular complexity index is 1040. The lowest BCUT2D eigenvalue weighted by atomic mass is 10.2. The molecule has 0 spiro atoms. The third-order valence-corrected chi connectivity index (χ3v) is 5.46. The van der Waals surface area contributed by atoms with Crippen molar-refractivity contribution in [3.05, 3.63) is 73.0 Å². The van der Waals surface area contributed by atoms with Gasteiger partial charge in [-0.05, 0) is 24.3 Å². The summed E-state index contributed by atoms with van der Waals surface area (Å²) in [5.74, 6) is 0.983. The van der Waals surface area contributed by atoms with E-state index in [4.69, 9.17) is 4.42 Å². The van der Waals surface area contributed by atoms with Crippen LogP contribution in [0.2, 0.25) is 0 Å². The average Bonchev–Trinajstić information content (AvgIpc) is 3.21. The molecule has 1 aliphatic rings. The summed E-state index contributed by atoms with van der Waals surface area (Å²) in [6.07, 6.45) is 5.48. The molecule has 2 aromatic carbocycles. The fraction of sp³-hybridized carbons (Fsp3) is 0.100. The van der Waals surface area contributed by atoms with Gasteiger partial charge < -0.3 is 9.32 Å². The molecule has 0 radical (unpaired) electrons. The quantitative estimate of drug-likeness (QED) is 0.526. The van der Waals surface area contributed by atoms with Gasteiger partial charge in [-0.1, -0.05) is 36.0 Å². The molecule has 0 unspecified atom stereocenters. The standard InChI is InChI=1S/C20H15N5OS/c1-3-7-17-15(5-1)25(16-6-2-4-8-18(16)27-17)12-9-19-23-24-20(26-19)14-13-21-10-11-22-14/h1-8,10-11,13H,9,12H2. The van der Waals surface area contributed by atoms with Gasteiger partial charge in [0, 0.05) is 35.2 Å². The Kier molecular flexibility index (Phi) is 4.06. The van der Waals surface area contributed by atoms with E-state index in [0.717, 1.165) is 6.54 Å². The average molecular weight is 373 g/mol. The first kappa shape index (κ1) is 16.0. The van der Waals surface area contributed by atoms with Gasteiger partial charge in [-0.2, -0.15) is 0 Å². The summed E-state index contributed by atoms with van der Waals surface area (Å²) in [6.45, 7) is 0.747. The number of benzene rings is 2. The van der Waals surface area contributed by atoms with Crippen molar-refractivity contribution in [2.24, 2.45) is 0 Å². The first-order valence-corrected chi connectivity index (χ1v) is 9.42. The third kappa shape index (κ3) is 3.06. The second-order valence-corrected chi connectivity index (χ2v) is 7.11. The molecule has 0 bridgehead atoms. The van der Waals surface area contributed by atoms with Crippen molar-refractivity contribution in [2.45, 2.75) is 16.2 Å². The van der Waals surface area contributed by atoms with Crippen LogP contribution in [0, 0.1) is 0 Å². The van der Waals surface area contributed by atoms with Crippen LogP contribution in [0.5, 0.6) is 0 Å². The first-order valence-electron chi connectivity index (χ1n) is 8.61. The van der Waals surface area contributed by atoms with Gasteiger partial charge in [-0.25, -0.2) is 4.98 Å². The summed E-state index contributed by atoms with van der Waals surface area (Å²) in [4.78, 5) is 13.1. The van der Waals surface area contributed by atoms with Crippen LogP contribution in [0.25, 0.3) is 11.6 Å². The molecule has 7 heteroatoms. The van der Waals surface area contributed by atoms with Crippen LogP contribution in [0.3, 0.4) is 0 Å². The maximum atomic E-state index is 5.78. The Morgan fingerprint density at radius 2 is 1.63 bits per heavy atom. The summed E-state index contributed by atoms with van der Waals surface area (Å²) in [6, 6.07) is 16.9. The van der Waals surface area contributed by atoms with Crippen LogP contribution in [0.15, 0.2) is 81.3 Å². The van der Waals surface area contributed by atoms with Gasteiger partial charge in [0.25, 0.3) is 5.89 Å². The number of para-hydroxylation sites is 2. The maximum absolute atomic E-state index is 5.78. The Balaban J connectivity index is 1.41. The molecule has 2 aromatic heterocycles. The largest absolute Gasteiger partial charge is 0.419 e. The number of aromatic nitrogens is 4. The van der Waals surface area contributed by atoms with Gasteiger partial charge >= 0.3 is 0 Å². The number of anilines is 2. The number of rotatable bonds is 4. The van der Waals surface area contributed by atoms with Gasteiger partial charge in [0.05, 0.1) is 17.6 Å². The monoisotopic (exact) mass is 373 g/mol. The molecule has 3 heterocycles. The SMILES string of the molecule is c1ccc2c(c1)Sc1ccccc1N2CCc1nnc(-c2cnccn2)o1. The van der Waals surface area contributed by atoms with E-state index in [1.54, 1.807) is 30.4 Å². The van der Waals surface area contributed by atoms with Crippen molar-refractivity contribution in [2.75, 3.05) is 11.4 Å². The minimum Gasteiger partial charge on any atom is -0.419 e. The summed E-state index contributed by atoms with van der Waals surface area (Å²) >= 11 is 1.80. The molecular formula is C20H15N5OS. The molecule has 0 fully saturated rings. The third-order valence-electron chi connectivity index (χ3n) is 4.33. The summed E-state index contributed by atoms with van der Waals surface area (Å²) < 4.78 is 5.78. The van der Waals surface area contributed by atoms with Gasteiger partial charge in [0.2, 0.25) is 5.89 Å². The molecule has 5 rings (SSSR count). The van der Waals surface area contributed by atoms with Crippen LogP contribution >= 0.6 is 11.8 Å². The van der Waals surface area contributed by atoms with Crippen molar-refractivity contribution >= 4 is 23.1 Å². The molecule has 0 atom stereocenters. The molecule has 0 amide bonds. The van der Waals surface area contributed by atoms with Gasteiger partial charge in [-0.3, -0.25) is 4.98 Å². The molecular weight excluding hydrogens is 358 g/mol. The summed E-state index contributed by atoms with van der Waals surface area (Å²) in [7, 11) is 0. The second kappa shape index (κ2) is 6.85. The van der Waals surface area contributed by atoms with Crippen LogP contribution in [-0.4, -0.2) is 26.7 Å². The first-order chi connectivity index (χ1) is 13.4. The van der Waals surface area contributed by atoms with Crippen molar-refractivity contribution in [3.63, 3.8) is 0 Å². The lowest BCUT2D eigenvalue weighted by molar-refractivity contribution is 0.504. The zero-order valence-electron chi connectivity index (χ0n) is 14.3. The Morgan fingerprint density at radius 1 is 0.889 bits per heavy atom. The lowest BCUT2D eigenvalue weighted by Gasteiger charge is -2.32. The molecule has 1 aliphatic heterocycles. The van der Waals surface area contributed by atoms with Gasteiger partial charge in [0.15, 0.2) is 0 Å². The van der Waals surface area contributed by atoms with E-state index in [-0.39, 0.29) is 0 Å². The van der Waals surface area contributed by atoms with Gasteiger partial charge in [-0.15, -0.1) is 10.2 Å². The van der Waals surface area contributed by atoms with E-state index in [1.807, 2.05) is 0 Å². The molecule has 0 saturated heterocycles. The van der Waals surface area contributed by atoms with E-state index in [1.165, 1.54) is 21.2 Å². The van der Waals surface area contributed by atoms with Crippen molar-refractivity contribution in [1.29, 1.82) is 0 Å². The molecule has 4 aromatic rings. The Labute approximate surface area is 160 Å². The van der Waals surface area contributed by atoms with Crippen LogP contribution in [-0.2, 0) is 6.42 Å². The predicted molar refractivity (Wildman–Crippen MR) is 103 cm³/mol.